The molecule has 2 N–H and O–H groups in total. The van der Waals surface area contributed by atoms with Gasteiger partial charge >= 0.3 is 5.97 Å². The van der Waals surface area contributed by atoms with Crippen LogP contribution in [0.2, 0.25) is 0 Å². The van der Waals surface area contributed by atoms with Gasteiger partial charge in [0.2, 0.25) is 0 Å². The highest BCUT2D eigenvalue weighted by molar-refractivity contribution is 7.71. The third kappa shape index (κ3) is 1.55. The molecule has 14 heavy (non-hydrogen) atoms. The third-order valence-corrected chi connectivity index (χ3v) is 2.73. The zero-order valence-electron chi connectivity index (χ0n) is 7.49. The molecule has 0 amide bonds. The molecule has 0 fully saturated rings. The van der Waals surface area contributed by atoms with Crippen LogP contribution in [0.3, 0.4) is 0 Å². The van der Waals surface area contributed by atoms with Gasteiger partial charge in [-0.15, -0.1) is 0 Å². The van der Waals surface area contributed by atoms with E-state index in [0.29, 0.717) is 11.2 Å². The first kappa shape index (κ1) is 9.33. The molecule has 1 aromatic rings. The maximum Gasteiger partial charge on any atom is 0.311 e. The van der Waals surface area contributed by atoms with Gasteiger partial charge in [0.1, 0.15) is 0 Å². The number of fused-ring (bicyclic) bond motifs is 1. The summed E-state index contributed by atoms with van der Waals surface area (Å²) < 4.78 is 0.426. The molecule has 74 valence electrons. The highest BCUT2D eigenvalue weighted by atomic mass is 32.1. The number of H-pyrrole nitrogens is 1. The monoisotopic (exact) mass is 210 g/mol. The van der Waals surface area contributed by atoms with Gasteiger partial charge in [-0.05, 0) is 31.5 Å². The fraction of sp³-hybridized carbons (Fsp3) is 0.444. The fourth-order valence-electron chi connectivity index (χ4n) is 1.84. The number of nitrogens with zero attached hydrogens (tertiary/aromatic N) is 1. The van der Waals surface area contributed by atoms with Crippen LogP contribution < -0.4 is 0 Å². The molecule has 0 radical (unpaired) electrons. The lowest BCUT2D eigenvalue weighted by molar-refractivity contribution is -0.139. The van der Waals surface area contributed by atoms with Gasteiger partial charge in [-0.25, -0.2) is 4.98 Å². The number of rotatable bonds is 1. The van der Waals surface area contributed by atoms with E-state index in [4.69, 9.17) is 17.3 Å². The lowest BCUT2D eigenvalue weighted by Gasteiger charge is -2.20. The molecule has 0 saturated carbocycles. The number of hydrogen-bond donors (Lipinski definition) is 2. The minimum atomic E-state index is -0.779. The summed E-state index contributed by atoms with van der Waals surface area (Å²) in [6, 6.07) is 0. The Morgan fingerprint density at radius 2 is 2.50 bits per heavy atom. The number of carboxylic acid groups (broad SMARTS) is 1. The van der Waals surface area contributed by atoms with Gasteiger partial charge in [-0.2, -0.15) is 0 Å². The highest BCUT2D eigenvalue weighted by Crippen LogP contribution is 2.29. The predicted molar refractivity (Wildman–Crippen MR) is 52.7 cm³/mol. The van der Waals surface area contributed by atoms with Gasteiger partial charge < -0.3 is 10.1 Å². The molecule has 0 spiro atoms. The Morgan fingerprint density at radius 1 is 1.71 bits per heavy atom. The van der Waals surface area contributed by atoms with Crippen molar-refractivity contribution in [3.05, 3.63) is 22.2 Å². The van der Waals surface area contributed by atoms with Crippen LogP contribution in [-0.2, 0) is 11.2 Å². The minimum Gasteiger partial charge on any atom is -0.481 e. The SMILES string of the molecule is O=C(O)C1CCCc2[nH]c(=S)ncc21. The summed E-state index contributed by atoms with van der Waals surface area (Å²) in [4.78, 5) is 17.8. The van der Waals surface area contributed by atoms with E-state index in [0.717, 1.165) is 24.1 Å². The Morgan fingerprint density at radius 3 is 3.21 bits per heavy atom. The zero-order chi connectivity index (χ0) is 10.1. The quantitative estimate of drug-likeness (QED) is 0.691. The van der Waals surface area contributed by atoms with Gasteiger partial charge in [0.25, 0.3) is 0 Å². The molecule has 1 aliphatic carbocycles. The minimum absolute atomic E-state index is 0.418. The van der Waals surface area contributed by atoms with E-state index in [1.54, 1.807) is 6.20 Å². The van der Waals surface area contributed by atoms with Gasteiger partial charge in [-0.1, -0.05) is 0 Å². The van der Waals surface area contributed by atoms with Crippen molar-refractivity contribution in [3.63, 3.8) is 0 Å². The normalized spacial score (nSPS) is 20.1. The maximum absolute atomic E-state index is 10.9. The van der Waals surface area contributed by atoms with Gasteiger partial charge in [-0.3, -0.25) is 4.79 Å². The van der Waals surface area contributed by atoms with Crippen LogP contribution in [-0.4, -0.2) is 21.0 Å². The number of aliphatic carboxylic acids is 1. The van der Waals surface area contributed by atoms with E-state index >= 15 is 0 Å². The number of carboxylic acids is 1. The van der Waals surface area contributed by atoms with Crippen molar-refractivity contribution in [1.82, 2.24) is 9.97 Å². The lowest BCUT2D eigenvalue weighted by Crippen LogP contribution is -2.19. The Bertz CT molecular complexity index is 427. The van der Waals surface area contributed by atoms with E-state index in [1.165, 1.54) is 0 Å². The summed E-state index contributed by atoms with van der Waals surface area (Å²) >= 11 is 4.89. The van der Waals surface area contributed by atoms with E-state index < -0.39 is 11.9 Å². The summed E-state index contributed by atoms with van der Waals surface area (Å²) in [5, 5.41) is 8.99. The number of hydrogen-bond acceptors (Lipinski definition) is 3. The van der Waals surface area contributed by atoms with Crippen molar-refractivity contribution in [2.24, 2.45) is 0 Å². The van der Waals surface area contributed by atoms with Crippen LogP contribution in [0.4, 0.5) is 0 Å². The lowest BCUT2D eigenvalue weighted by atomic mass is 9.87. The number of aryl methyl sites for hydroxylation is 1. The van der Waals surface area contributed by atoms with Crippen LogP contribution in [0, 0.1) is 4.77 Å². The van der Waals surface area contributed by atoms with Crippen molar-refractivity contribution in [2.75, 3.05) is 0 Å². The molecule has 1 unspecified atom stereocenters. The first-order valence-corrected chi connectivity index (χ1v) is 4.90. The van der Waals surface area contributed by atoms with Crippen LogP contribution >= 0.6 is 12.2 Å². The predicted octanol–water partition coefficient (Wildman–Crippen LogP) is 1.64. The second kappa shape index (κ2) is 3.49. The van der Waals surface area contributed by atoms with Gasteiger partial charge in [0.15, 0.2) is 4.77 Å². The fourth-order valence-corrected chi connectivity index (χ4v) is 2.02. The number of carbonyl (C=O) groups is 1. The zero-order valence-corrected chi connectivity index (χ0v) is 8.30. The molecular weight excluding hydrogens is 200 g/mol. The molecule has 4 nitrogen and oxygen atoms in total. The smallest absolute Gasteiger partial charge is 0.311 e. The van der Waals surface area contributed by atoms with E-state index in [9.17, 15) is 4.79 Å². The molecule has 5 heteroatoms. The van der Waals surface area contributed by atoms with Crippen LogP contribution in [0.25, 0.3) is 0 Å². The standard InChI is InChI=1S/C9H10N2O2S/c12-8(13)5-2-1-3-7-6(5)4-10-9(14)11-7/h4-5H,1-3H2,(H,12,13)(H,10,11,14). The highest BCUT2D eigenvalue weighted by Gasteiger charge is 2.26. The summed E-state index contributed by atoms with van der Waals surface area (Å²) in [5.74, 6) is -1.20. The molecule has 1 heterocycles. The second-order valence-electron chi connectivity index (χ2n) is 3.41. The molecule has 0 bridgehead atoms. The molecule has 0 aliphatic heterocycles. The molecule has 1 aliphatic rings. The number of nitrogens with one attached hydrogen (secondary N) is 1. The maximum atomic E-state index is 10.9. The van der Waals surface area contributed by atoms with Gasteiger partial charge in [0, 0.05) is 17.5 Å². The molecule has 1 aromatic heterocycles. The molecule has 0 saturated heterocycles. The molecule has 1 atom stereocenters. The van der Waals surface area contributed by atoms with Crippen molar-refractivity contribution in [3.8, 4) is 0 Å². The summed E-state index contributed by atoms with van der Waals surface area (Å²) in [6.45, 7) is 0. The Balaban J connectivity index is 2.50. The Kier molecular flexibility index (Phi) is 2.33. The number of aromatic nitrogens is 2. The van der Waals surface area contributed by atoms with E-state index in [-0.39, 0.29) is 0 Å². The first-order valence-electron chi connectivity index (χ1n) is 4.49. The van der Waals surface area contributed by atoms with Crippen LogP contribution in [0.5, 0.6) is 0 Å². The van der Waals surface area contributed by atoms with Gasteiger partial charge in [0.05, 0.1) is 5.92 Å². The summed E-state index contributed by atoms with van der Waals surface area (Å²) in [6.07, 6.45) is 4.03. The third-order valence-electron chi connectivity index (χ3n) is 2.52. The topological polar surface area (TPSA) is 66.0 Å². The number of aromatic amines is 1. The molecule has 0 aromatic carbocycles. The summed E-state index contributed by atoms with van der Waals surface area (Å²) in [7, 11) is 0. The Hall–Kier alpha value is -1.23. The average Bonchev–Trinajstić information content (AvgIpc) is 2.16. The Labute approximate surface area is 86.0 Å². The van der Waals surface area contributed by atoms with Crippen molar-refractivity contribution in [1.29, 1.82) is 0 Å². The second-order valence-corrected chi connectivity index (χ2v) is 3.79. The van der Waals surface area contributed by atoms with Crippen molar-refractivity contribution >= 4 is 18.2 Å². The van der Waals surface area contributed by atoms with Crippen LogP contribution in [0.15, 0.2) is 6.20 Å². The first-order chi connectivity index (χ1) is 6.68. The van der Waals surface area contributed by atoms with E-state index in [1.807, 2.05) is 0 Å². The molecular formula is C9H10N2O2S. The summed E-state index contributed by atoms with van der Waals surface area (Å²) in [5.41, 5.74) is 1.72. The van der Waals surface area contributed by atoms with Crippen molar-refractivity contribution in [2.45, 2.75) is 25.2 Å². The van der Waals surface area contributed by atoms with Crippen LogP contribution in [0.1, 0.15) is 30.0 Å². The van der Waals surface area contributed by atoms with Crippen molar-refractivity contribution < 1.29 is 9.90 Å². The molecule has 2 rings (SSSR count). The largest absolute Gasteiger partial charge is 0.481 e. The van der Waals surface area contributed by atoms with E-state index in [2.05, 4.69) is 9.97 Å². The average molecular weight is 210 g/mol.